The summed E-state index contributed by atoms with van der Waals surface area (Å²) >= 11 is 0. The Morgan fingerprint density at radius 3 is 2.52 bits per heavy atom. The van der Waals surface area contributed by atoms with Crippen molar-refractivity contribution < 1.29 is 40.4 Å². The molecule has 1 heterocycles. The zero-order valence-corrected chi connectivity index (χ0v) is 13.0. The highest BCUT2D eigenvalue weighted by molar-refractivity contribution is 7.88. The summed E-state index contributed by atoms with van der Waals surface area (Å²) < 4.78 is 68.7. The number of halogens is 3. The molecular formula is C14H10F3NO6S. The molecule has 25 heavy (non-hydrogen) atoms. The van der Waals surface area contributed by atoms with Gasteiger partial charge in [-0.1, -0.05) is 6.07 Å². The maximum atomic E-state index is 12.4. The van der Waals surface area contributed by atoms with Crippen molar-refractivity contribution in [2.24, 2.45) is 0 Å². The van der Waals surface area contributed by atoms with Gasteiger partial charge in [0.15, 0.2) is 5.75 Å². The molecule has 1 N–H and O–H groups in total. The average molecular weight is 377 g/mol. The number of benzene rings is 1. The lowest BCUT2D eigenvalue weighted by molar-refractivity contribution is -0.0500. The quantitative estimate of drug-likeness (QED) is 0.610. The monoisotopic (exact) mass is 377 g/mol. The largest absolute Gasteiger partial charge is 0.534 e. The van der Waals surface area contributed by atoms with E-state index in [1.165, 1.54) is 12.4 Å². The lowest BCUT2D eigenvalue weighted by atomic mass is 10.2. The summed E-state index contributed by atoms with van der Waals surface area (Å²) in [7, 11) is -6.02. The number of nitrogens with zero attached hydrogens (tertiary/aromatic N) is 1. The van der Waals surface area contributed by atoms with Gasteiger partial charge in [-0.2, -0.15) is 21.6 Å². The summed E-state index contributed by atoms with van der Waals surface area (Å²) in [5, 5.41) is 8.96. The third-order valence-corrected chi connectivity index (χ3v) is 3.76. The first-order chi connectivity index (χ1) is 11.6. The van der Waals surface area contributed by atoms with Crippen LogP contribution in [0.15, 0.2) is 42.7 Å². The lowest BCUT2D eigenvalue weighted by Crippen LogP contribution is -2.28. The fourth-order valence-electron chi connectivity index (χ4n) is 1.65. The summed E-state index contributed by atoms with van der Waals surface area (Å²) in [6.45, 7) is -0.0221. The fraction of sp³-hybridized carbons (Fsp3) is 0.143. The van der Waals surface area contributed by atoms with Crippen LogP contribution in [0.5, 0.6) is 11.5 Å². The van der Waals surface area contributed by atoms with Gasteiger partial charge in [-0.05, 0) is 18.2 Å². The van der Waals surface area contributed by atoms with Crippen LogP contribution in [-0.4, -0.2) is 30.0 Å². The third kappa shape index (κ3) is 4.59. The molecular weight excluding hydrogens is 367 g/mol. The van der Waals surface area contributed by atoms with Gasteiger partial charge in [-0.15, -0.1) is 0 Å². The number of carbonyl (C=O) groups is 1. The van der Waals surface area contributed by atoms with Crippen molar-refractivity contribution in [2.75, 3.05) is 0 Å². The predicted molar refractivity (Wildman–Crippen MR) is 77.6 cm³/mol. The van der Waals surface area contributed by atoms with Crippen molar-refractivity contribution in [1.82, 2.24) is 4.98 Å². The van der Waals surface area contributed by atoms with Crippen LogP contribution in [-0.2, 0) is 16.7 Å². The smallest absolute Gasteiger partial charge is 0.489 e. The molecule has 0 atom stereocenters. The second kappa shape index (κ2) is 6.97. The first-order valence-electron chi connectivity index (χ1n) is 6.50. The van der Waals surface area contributed by atoms with Crippen LogP contribution < -0.4 is 8.92 Å². The summed E-state index contributed by atoms with van der Waals surface area (Å²) in [4.78, 5) is 14.9. The Hall–Kier alpha value is -2.82. The molecule has 134 valence electrons. The SMILES string of the molecule is O=C(O)c1ccc(OCc2cccnc2)cc1OS(=O)(=O)C(F)(F)F. The molecule has 0 saturated carbocycles. The molecule has 0 fully saturated rings. The zero-order valence-electron chi connectivity index (χ0n) is 12.2. The molecule has 1 aromatic carbocycles. The van der Waals surface area contributed by atoms with Gasteiger partial charge in [0.2, 0.25) is 0 Å². The number of alkyl halides is 3. The minimum absolute atomic E-state index is 0.0221. The van der Waals surface area contributed by atoms with Crippen LogP contribution in [0.4, 0.5) is 13.2 Å². The Morgan fingerprint density at radius 1 is 1.24 bits per heavy atom. The van der Waals surface area contributed by atoms with Gasteiger partial charge in [0.25, 0.3) is 0 Å². The van der Waals surface area contributed by atoms with Crippen molar-refractivity contribution in [3.05, 3.63) is 53.9 Å². The van der Waals surface area contributed by atoms with Gasteiger partial charge < -0.3 is 14.0 Å². The molecule has 1 aromatic heterocycles. The van der Waals surface area contributed by atoms with Crippen molar-refractivity contribution in [2.45, 2.75) is 12.1 Å². The van der Waals surface area contributed by atoms with E-state index in [1.54, 1.807) is 12.1 Å². The molecule has 0 amide bonds. The lowest BCUT2D eigenvalue weighted by Gasteiger charge is -2.13. The highest BCUT2D eigenvalue weighted by Crippen LogP contribution is 2.31. The molecule has 0 spiro atoms. The van der Waals surface area contributed by atoms with Crippen molar-refractivity contribution >= 4 is 16.1 Å². The third-order valence-electron chi connectivity index (χ3n) is 2.79. The van der Waals surface area contributed by atoms with E-state index in [0.717, 1.165) is 18.2 Å². The van der Waals surface area contributed by atoms with E-state index in [2.05, 4.69) is 9.17 Å². The summed E-state index contributed by atoms with van der Waals surface area (Å²) in [6.07, 6.45) is 3.01. The minimum Gasteiger partial charge on any atom is -0.489 e. The Morgan fingerprint density at radius 2 is 1.96 bits per heavy atom. The maximum Gasteiger partial charge on any atom is 0.534 e. The molecule has 0 unspecified atom stereocenters. The van der Waals surface area contributed by atoms with E-state index in [-0.39, 0.29) is 12.4 Å². The Bertz CT molecular complexity index is 868. The number of pyridine rings is 1. The molecule has 0 bridgehead atoms. The van der Waals surface area contributed by atoms with Crippen molar-refractivity contribution in [3.63, 3.8) is 0 Å². The van der Waals surface area contributed by atoms with Crippen molar-refractivity contribution in [1.29, 1.82) is 0 Å². The van der Waals surface area contributed by atoms with E-state index in [1.807, 2.05) is 0 Å². The highest BCUT2D eigenvalue weighted by Gasteiger charge is 2.49. The summed E-state index contributed by atoms with van der Waals surface area (Å²) in [5.74, 6) is -2.75. The molecule has 2 rings (SSSR count). The molecule has 0 aliphatic heterocycles. The van der Waals surface area contributed by atoms with E-state index in [9.17, 15) is 26.4 Å². The van der Waals surface area contributed by atoms with Crippen LogP contribution in [0, 0.1) is 0 Å². The van der Waals surface area contributed by atoms with Gasteiger partial charge in [0, 0.05) is 24.0 Å². The summed E-state index contributed by atoms with van der Waals surface area (Å²) in [6, 6.07) is 6.10. The Balaban J connectivity index is 2.29. The van der Waals surface area contributed by atoms with Crippen LogP contribution in [0.1, 0.15) is 15.9 Å². The van der Waals surface area contributed by atoms with E-state index < -0.39 is 32.9 Å². The van der Waals surface area contributed by atoms with Gasteiger partial charge in [-0.25, -0.2) is 4.79 Å². The second-order valence-electron chi connectivity index (χ2n) is 4.60. The molecule has 0 saturated heterocycles. The molecule has 0 aliphatic carbocycles. The average Bonchev–Trinajstić information content (AvgIpc) is 2.52. The van der Waals surface area contributed by atoms with Crippen LogP contribution in [0.2, 0.25) is 0 Å². The Labute approximate surface area is 139 Å². The van der Waals surface area contributed by atoms with Crippen LogP contribution in [0.25, 0.3) is 0 Å². The fourth-order valence-corrected chi connectivity index (χ4v) is 2.12. The number of aromatic carboxylic acids is 1. The van der Waals surface area contributed by atoms with E-state index in [4.69, 9.17) is 9.84 Å². The first-order valence-corrected chi connectivity index (χ1v) is 7.91. The molecule has 11 heteroatoms. The van der Waals surface area contributed by atoms with E-state index in [0.29, 0.717) is 5.56 Å². The number of hydrogen-bond acceptors (Lipinski definition) is 6. The number of hydrogen-bond donors (Lipinski definition) is 1. The standard InChI is InChI=1S/C14H10F3NO6S/c15-14(16,17)25(21,22)24-12-6-10(3-4-11(12)13(19)20)23-8-9-2-1-5-18-7-9/h1-7H,8H2,(H,19,20). The number of rotatable bonds is 6. The summed E-state index contributed by atoms with van der Waals surface area (Å²) in [5.41, 5.74) is -5.83. The Kier molecular flexibility index (Phi) is 5.16. The molecule has 7 nitrogen and oxygen atoms in total. The first kappa shape index (κ1) is 18.5. The molecule has 0 aliphatic rings. The number of aromatic nitrogens is 1. The van der Waals surface area contributed by atoms with Crippen LogP contribution in [0.3, 0.4) is 0 Å². The van der Waals surface area contributed by atoms with Crippen molar-refractivity contribution in [3.8, 4) is 11.5 Å². The van der Waals surface area contributed by atoms with Gasteiger partial charge in [0.1, 0.15) is 17.9 Å². The number of carboxylic acids is 1. The van der Waals surface area contributed by atoms with Gasteiger partial charge in [-0.3, -0.25) is 4.98 Å². The number of ether oxygens (including phenoxy) is 1. The predicted octanol–water partition coefficient (Wildman–Crippen LogP) is 2.59. The molecule has 2 aromatic rings. The van der Waals surface area contributed by atoms with Gasteiger partial charge >= 0.3 is 21.6 Å². The zero-order chi connectivity index (χ0) is 18.7. The molecule has 0 radical (unpaired) electrons. The second-order valence-corrected chi connectivity index (χ2v) is 6.13. The normalized spacial score (nSPS) is 11.8. The van der Waals surface area contributed by atoms with E-state index >= 15 is 0 Å². The maximum absolute atomic E-state index is 12.4. The van der Waals surface area contributed by atoms with Gasteiger partial charge in [0.05, 0.1) is 0 Å². The number of carboxylic acid groups (broad SMARTS) is 1. The minimum atomic E-state index is -6.02. The topological polar surface area (TPSA) is 103 Å². The highest BCUT2D eigenvalue weighted by atomic mass is 32.2. The van der Waals surface area contributed by atoms with Crippen LogP contribution >= 0.6 is 0 Å².